The van der Waals surface area contributed by atoms with Crippen molar-refractivity contribution in [1.29, 1.82) is 0 Å². The summed E-state index contributed by atoms with van der Waals surface area (Å²) in [7, 11) is 0. The lowest BCUT2D eigenvalue weighted by Gasteiger charge is -2.48. The Morgan fingerprint density at radius 3 is 1.53 bits per heavy atom. The lowest BCUT2D eigenvalue weighted by molar-refractivity contribution is 0.332. The fourth-order valence-electron chi connectivity index (χ4n) is 13.8. The molecule has 2 heterocycles. The molecule has 73 heavy (non-hydrogen) atoms. The van der Waals surface area contributed by atoms with Gasteiger partial charge in [0.15, 0.2) is 0 Å². The lowest BCUT2D eigenvalue weighted by Crippen LogP contribution is -2.62. The maximum Gasteiger partial charge on any atom is 0.252 e. The first kappa shape index (κ1) is 47.2. The number of hydrogen-bond acceptors (Lipinski definition) is 3. The number of para-hydroxylation sites is 2. The maximum absolute atomic E-state index is 2.72. The second kappa shape index (κ2) is 16.4. The number of benzene rings is 8. The summed E-state index contributed by atoms with van der Waals surface area (Å²) in [5.41, 5.74) is 27.4. The normalized spacial score (nSPS) is 17.3. The van der Waals surface area contributed by atoms with Gasteiger partial charge in [-0.25, -0.2) is 0 Å². The molecule has 3 nitrogen and oxygen atoms in total. The Morgan fingerprint density at radius 1 is 0.438 bits per heavy atom. The highest BCUT2D eigenvalue weighted by Gasteiger charge is 2.48. The van der Waals surface area contributed by atoms with Gasteiger partial charge in [-0.2, -0.15) is 0 Å². The van der Waals surface area contributed by atoms with Crippen molar-refractivity contribution in [3.8, 4) is 11.1 Å². The van der Waals surface area contributed by atoms with E-state index in [4.69, 9.17) is 0 Å². The molecule has 8 aromatic rings. The minimum Gasteiger partial charge on any atom is -0.311 e. The van der Waals surface area contributed by atoms with Crippen LogP contribution in [0.25, 0.3) is 11.1 Å². The smallest absolute Gasteiger partial charge is 0.252 e. The Morgan fingerprint density at radius 2 is 0.945 bits per heavy atom. The average molecular weight is 954 g/mol. The van der Waals surface area contributed by atoms with Crippen LogP contribution in [0, 0.1) is 13.8 Å². The van der Waals surface area contributed by atoms with E-state index < -0.39 is 0 Å². The summed E-state index contributed by atoms with van der Waals surface area (Å²) in [4.78, 5) is 7.80. The molecule has 8 aromatic carbocycles. The van der Waals surface area contributed by atoms with E-state index in [0.717, 1.165) is 36.3 Å². The largest absolute Gasteiger partial charge is 0.311 e. The Kier molecular flexibility index (Phi) is 10.6. The topological polar surface area (TPSA) is 9.72 Å². The first-order valence-corrected chi connectivity index (χ1v) is 27.0. The van der Waals surface area contributed by atoms with E-state index in [-0.39, 0.29) is 33.8 Å². The minimum atomic E-state index is -0.0440. The molecule has 0 unspecified atom stereocenters. The third-order valence-corrected chi connectivity index (χ3v) is 17.6. The Hall–Kier alpha value is -6.78. The zero-order valence-corrected chi connectivity index (χ0v) is 45.6. The molecule has 4 heteroatoms. The van der Waals surface area contributed by atoms with Gasteiger partial charge in [0.1, 0.15) is 0 Å². The van der Waals surface area contributed by atoms with Gasteiger partial charge in [-0.15, -0.1) is 0 Å². The molecule has 4 aliphatic rings. The average Bonchev–Trinajstić information content (AvgIpc) is 3.54. The predicted octanol–water partition coefficient (Wildman–Crippen LogP) is 17.1. The van der Waals surface area contributed by atoms with Crippen LogP contribution in [0.4, 0.5) is 51.2 Å². The molecule has 12 rings (SSSR count). The number of hydrogen-bond donors (Lipinski definition) is 0. The molecule has 0 bridgehead atoms. The summed E-state index contributed by atoms with van der Waals surface area (Å²) in [5, 5.41) is 0. The molecule has 2 aliphatic carbocycles. The van der Waals surface area contributed by atoms with E-state index in [1.807, 2.05) is 0 Å². The van der Waals surface area contributed by atoms with Crippen molar-refractivity contribution >= 4 is 74.3 Å². The molecule has 0 aromatic heterocycles. The SMILES string of the molecule is Cc1cc2c3c(c1)N(c1ccc(C(C)(C)C)cc1-c1ccccc1)c1cc(N(c4ccccc4)c4ccccc4)ccc1B3c1cc3c(cc1N2c1cc2c(cc1C)C(C)(C)CC2(C)C)C(C)(C)CCC3(C)C. The second-order valence-electron chi connectivity index (χ2n) is 25.8. The van der Waals surface area contributed by atoms with Crippen molar-refractivity contribution in [2.24, 2.45) is 0 Å². The molecular formula is C69H72BN3. The molecule has 0 amide bonds. The third kappa shape index (κ3) is 7.52. The molecule has 0 N–H and O–H groups in total. The molecule has 2 aliphatic heterocycles. The van der Waals surface area contributed by atoms with Crippen LogP contribution in [0.5, 0.6) is 0 Å². The Balaban J connectivity index is 1.21. The van der Waals surface area contributed by atoms with E-state index in [1.165, 1.54) is 101 Å². The van der Waals surface area contributed by atoms with Crippen LogP contribution in [0.1, 0.15) is 134 Å². The van der Waals surface area contributed by atoms with Crippen molar-refractivity contribution in [3.05, 3.63) is 203 Å². The molecule has 0 spiro atoms. The van der Waals surface area contributed by atoms with Crippen molar-refractivity contribution in [3.63, 3.8) is 0 Å². The number of rotatable bonds is 6. The first-order valence-electron chi connectivity index (χ1n) is 27.0. The van der Waals surface area contributed by atoms with Gasteiger partial charge < -0.3 is 14.7 Å². The fraction of sp³-hybridized carbons (Fsp3) is 0.304. The zero-order valence-electron chi connectivity index (χ0n) is 45.6. The highest BCUT2D eigenvalue weighted by Crippen LogP contribution is 2.55. The van der Waals surface area contributed by atoms with Crippen LogP contribution in [0.2, 0.25) is 0 Å². The van der Waals surface area contributed by atoms with Crippen LogP contribution in [-0.4, -0.2) is 6.71 Å². The van der Waals surface area contributed by atoms with Gasteiger partial charge in [0.05, 0.1) is 5.69 Å². The number of aryl methyl sites for hydroxylation is 2. The summed E-state index contributed by atoms with van der Waals surface area (Å²) in [5.74, 6) is 0. The van der Waals surface area contributed by atoms with Gasteiger partial charge in [0.2, 0.25) is 0 Å². The van der Waals surface area contributed by atoms with Gasteiger partial charge in [0.25, 0.3) is 6.71 Å². The Bertz CT molecular complexity index is 3460. The number of nitrogens with zero attached hydrogens (tertiary/aromatic N) is 3. The maximum atomic E-state index is 2.72. The van der Waals surface area contributed by atoms with E-state index >= 15 is 0 Å². The molecule has 0 saturated carbocycles. The van der Waals surface area contributed by atoms with Gasteiger partial charge >= 0.3 is 0 Å². The Labute approximate surface area is 437 Å². The molecule has 0 fully saturated rings. The van der Waals surface area contributed by atoms with Crippen LogP contribution in [0.3, 0.4) is 0 Å². The van der Waals surface area contributed by atoms with Crippen molar-refractivity contribution in [1.82, 2.24) is 0 Å². The van der Waals surface area contributed by atoms with Gasteiger partial charge in [-0.05, 0) is 194 Å². The summed E-state index contributed by atoms with van der Waals surface area (Å²) < 4.78 is 0. The second-order valence-corrected chi connectivity index (χ2v) is 25.8. The van der Waals surface area contributed by atoms with E-state index in [2.05, 4.69) is 269 Å². The lowest BCUT2D eigenvalue weighted by atomic mass is 9.33. The van der Waals surface area contributed by atoms with Crippen LogP contribution in [0.15, 0.2) is 164 Å². The molecule has 0 radical (unpaired) electrons. The van der Waals surface area contributed by atoms with E-state index in [0.29, 0.717) is 0 Å². The van der Waals surface area contributed by atoms with Gasteiger partial charge in [-0.3, -0.25) is 0 Å². The summed E-state index contributed by atoms with van der Waals surface area (Å²) in [6.45, 7) is 31.4. The molecule has 0 saturated heterocycles. The van der Waals surface area contributed by atoms with Crippen LogP contribution < -0.4 is 31.1 Å². The number of anilines is 9. The third-order valence-electron chi connectivity index (χ3n) is 17.6. The van der Waals surface area contributed by atoms with Crippen LogP contribution in [-0.2, 0) is 27.1 Å². The minimum absolute atomic E-state index is 0.0238. The van der Waals surface area contributed by atoms with Gasteiger partial charge in [0, 0.05) is 51.1 Å². The predicted molar refractivity (Wildman–Crippen MR) is 315 cm³/mol. The summed E-state index contributed by atoms with van der Waals surface area (Å²) in [6.07, 6.45) is 3.45. The van der Waals surface area contributed by atoms with Crippen molar-refractivity contribution in [2.45, 2.75) is 136 Å². The van der Waals surface area contributed by atoms with Gasteiger partial charge in [-0.1, -0.05) is 167 Å². The standard InChI is InChI=1S/C69H72BN3/c1-44-35-62-64-63(36-44)73(59-41-55-52(37-45(59)2)68(10,11)43-69(55,12)13)61-42-54-53(66(6,7)33-34-67(54,8)9)40-57(61)70(64)56-31-30-50(71(48-25-19-15-20-26-48)49-27-21-16-22-28-49)39-60(56)72(62)58-32-29-47(65(3,4)5)38-51(58)46-23-17-14-18-24-46/h14-32,35-42H,33-34,43H2,1-13H3. The number of fused-ring (bicyclic) bond motifs is 6. The highest BCUT2D eigenvalue weighted by molar-refractivity contribution is 7.00. The molecule has 366 valence electrons. The molecule has 0 atom stereocenters. The fourth-order valence-corrected chi connectivity index (χ4v) is 13.8. The quantitative estimate of drug-likeness (QED) is 0.154. The van der Waals surface area contributed by atoms with Crippen molar-refractivity contribution in [2.75, 3.05) is 14.7 Å². The zero-order chi connectivity index (χ0) is 51.1. The van der Waals surface area contributed by atoms with E-state index in [9.17, 15) is 0 Å². The van der Waals surface area contributed by atoms with Crippen LogP contribution >= 0.6 is 0 Å². The first-order chi connectivity index (χ1) is 34.6. The van der Waals surface area contributed by atoms with Crippen molar-refractivity contribution < 1.29 is 0 Å². The monoisotopic (exact) mass is 954 g/mol. The molecular weight excluding hydrogens is 882 g/mol. The summed E-state index contributed by atoms with van der Waals surface area (Å²) in [6, 6.07) is 63.0. The van der Waals surface area contributed by atoms with E-state index in [1.54, 1.807) is 0 Å². The summed E-state index contributed by atoms with van der Waals surface area (Å²) >= 11 is 0. The highest BCUT2D eigenvalue weighted by atomic mass is 15.2.